The fraction of sp³-hybridized carbons (Fsp3) is 0.0690. The molecule has 2 heterocycles. The lowest BCUT2D eigenvalue weighted by Crippen LogP contribution is -1.99. The number of furan rings is 1. The molecule has 0 spiro atoms. The van der Waals surface area contributed by atoms with Gasteiger partial charge in [0.25, 0.3) is 0 Å². The number of rotatable bonds is 3. The molecule has 6 rings (SSSR count). The van der Waals surface area contributed by atoms with Gasteiger partial charge in [-0.25, -0.2) is 4.79 Å². The molecule has 0 radical (unpaired) electrons. The summed E-state index contributed by atoms with van der Waals surface area (Å²) in [6.45, 7) is 0. The number of halogens is 2. The molecule has 0 saturated heterocycles. The highest BCUT2D eigenvalue weighted by Gasteiger charge is 2.30. The molecule has 0 amide bonds. The van der Waals surface area contributed by atoms with Crippen molar-refractivity contribution in [3.05, 3.63) is 117 Å². The molecule has 1 aliphatic rings. The molecule has 4 aromatic carbocycles. The minimum Gasteiger partial charge on any atom is -0.455 e. The lowest BCUT2D eigenvalue weighted by atomic mass is 10.0. The molecule has 0 bridgehead atoms. The van der Waals surface area contributed by atoms with E-state index in [0.717, 1.165) is 47.9 Å². The molecule has 1 unspecified atom stereocenters. The van der Waals surface area contributed by atoms with E-state index in [0.29, 0.717) is 5.56 Å². The summed E-state index contributed by atoms with van der Waals surface area (Å²) < 4.78 is 18.1. The van der Waals surface area contributed by atoms with Gasteiger partial charge in [-0.1, -0.05) is 98.6 Å². The Hall–Kier alpha value is -3.19. The van der Waals surface area contributed by atoms with E-state index in [2.05, 4.69) is 74.3 Å². The van der Waals surface area contributed by atoms with Crippen LogP contribution in [0.5, 0.6) is 0 Å². The molecule has 1 atom stereocenters. The Bertz CT molecular complexity index is 1490. The molecular formula is C29H20Br2O4. The number of cyclic esters (lactones) is 1. The van der Waals surface area contributed by atoms with Crippen molar-refractivity contribution in [2.45, 2.75) is 6.29 Å². The van der Waals surface area contributed by atoms with E-state index >= 15 is 0 Å². The van der Waals surface area contributed by atoms with Gasteiger partial charge in [-0.15, -0.1) is 0 Å². The van der Waals surface area contributed by atoms with E-state index in [4.69, 9.17) is 13.9 Å². The Morgan fingerprint density at radius 2 is 1.29 bits per heavy atom. The molecule has 0 fully saturated rings. The summed E-state index contributed by atoms with van der Waals surface area (Å²) in [4.78, 5) is 11.3. The van der Waals surface area contributed by atoms with Crippen molar-refractivity contribution in [3.8, 4) is 22.6 Å². The van der Waals surface area contributed by atoms with Crippen LogP contribution in [-0.4, -0.2) is 13.1 Å². The molecule has 1 aromatic heterocycles. The van der Waals surface area contributed by atoms with Crippen molar-refractivity contribution >= 4 is 48.6 Å². The third-order valence-electron chi connectivity index (χ3n) is 5.66. The van der Waals surface area contributed by atoms with E-state index in [-0.39, 0.29) is 5.97 Å². The number of hydrogen-bond donors (Lipinski definition) is 0. The Labute approximate surface area is 219 Å². The molecule has 4 nitrogen and oxygen atoms in total. The standard InChI is InChI=1S/C20H13BrO.C9H7BrO3/c21-16-11-12-17-18(13-16)20(15-9-5-2-6-10-15)22-19(17)14-7-3-1-4-8-14;1-12-9-6-3-2-5(10)4-7(6)8(11)13-9/h1-13H;2-4,9H,1H3. The van der Waals surface area contributed by atoms with Gasteiger partial charge < -0.3 is 13.9 Å². The smallest absolute Gasteiger partial charge is 0.341 e. The highest BCUT2D eigenvalue weighted by molar-refractivity contribution is 9.10. The molecule has 174 valence electrons. The van der Waals surface area contributed by atoms with Crippen LogP contribution in [0.4, 0.5) is 0 Å². The SMILES string of the molecule is Brc1ccc2c(-c3ccccc3)oc(-c3ccccc3)c2c1.COC1OC(=O)c2cc(Br)ccc21. The monoisotopic (exact) mass is 590 g/mol. The number of carbonyl (C=O) groups excluding carboxylic acids is 1. The zero-order valence-corrected chi connectivity index (χ0v) is 21.9. The van der Waals surface area contributed by atoms with Crippen molar-refractivity contribution in [3.63, 3.8) is 0 Å². The van der Waals surface area contributed by atoms with Crippen LogP contribution in [0, 0.1) is 0 Å². The highest BCUT2D eigenvalue weighted by Crippen LogP contribution is 2.40. The second-order valence-electron chi connectivity index (χ2n) is 7.89. The fourth-order valence-corrected chi connectivity index (χ4v) is 4.75. The van der Waals surface area contributed by atoms with Gasteiger partial charge >= 0.3 is 5.97 Å². The first-order chi connectivity index (χ1) is 17.0. The van der Waals surface area contributed by atoms with Gasteiger partial charge in [-0.2, -0.15) is 0 Å². The summed E-state index contributed by atoms with van der Waals surface area (Å²) in [5.74, 6) is 1.50. The molecule has 6 heteroatoms. The van der Waals surface area contributed by atoms with Crippen LogP contribution in [0.2, 0.25) is 0 Å². The number of ether oxygens (including phenoxy) is 2. The lowest BCUT2D eigenvalue weighted by Gasteiger charge is -2.06. The van der Waals surface area contributed by atoms with Crippen molar-refractivity contribution in [2.75, 3.05) is 7.11 Å². The lowest BCUT2D eigenvalue weighted by molar-refractivity contribution is -0.0815. The normalized spacial score (nSPS) is 14.3. The maximum absolute atomic E-state index is 11.3. The van der Waals surface area contributed by atoms with Crippen molar-refractivity contribution in [1.82, 2.24) is 0 Å². The summed E-state index contributed by atoms with van der Waals surface area (Å²) in [6, 6.07) is 32.2. The topological polar surface area (TPSA) is 48.7 Å². The van der Waals surface area contributed by atoms with Gasteiger partial charge in [-0.3, -0.25) is 0 Å². The van der Waals surface area contributed by atoms with E-state index in [1.165, 1.54) is 7.11 Å². The average Bonchev–Trinajstić information content (AvgIpc) is 3.42. The maximum Gasteiger partial charge on any atom is 0.341 e. The molecule has 0 aliphatic carbocycles. The first kappa shape index (κ1) is 23.5. The van der Waals surface area contributed by atoms with Gasteiger partial charge in [0.15, 0.2) is 0 Å². The first-order valence-electron chi connectivity index (χ1n) is 10.9. The quantitative estimate of drug-likeness (QED) is 0.197. The number of fused-ring (bicyclic) bond motifs is 2. The van der Waals surface area contributed by atoms with Crippen LogP contribution >= 0.6 is 31.9 Å². The maximum atomic E-state index is 11.3. The Morgan fingerprint density at radius 1 is 0.714 bits per heavy atom. The third kappa shape index (κ3) is 4.82. The summed E-state index contributed by atoms with van der Waals surface area (Å²) in [5.41, 5.74) is 3.54. The van der Waals surface area contributed by atoms with Crippen molar-refractivity contribution in [2.24, 2.45) is 0 Å². The Balaban J connectivity index is 0.000000166. The first-order valence-corrected chi connectivity index (χ1v) is 12.5. The summed E-state index contributed by atoms with van der Waals surface area (Å²) in [7, 11) is 1.51. The van der Waals surface area contributed by atoms with Crippen LogP contribution in [0.15, 0.2) is 110 Å². The Kier molecular flexibility index (Phi) is 6.86. The predicted molar refractivity (Wildman–Crippen MR) is 144 cm³/mol. The molecule has 35 heavy (non-hydrogen) atoms. The second-order valence-corrected chi connectivity index (χ2v) is 9.72. The molecular weight excluding hydrogens is 572 g/mol. The van der Waals surface area contributed by atoms with Crippen LogP contribution in [0.25, 0.3) is 33.4 Å². The highest BCUT2D eigenvalue weighted by atomic mass is 79.9. The predicted octanol–water partition coefficient (Wildman–Crippen LogP) is 8.79. The summed E-state index contributed by atoms with van der Waals surface area (Å²) in [6.07, 6.45) is -0.546. The Morgan fingerprint density at radius 3 is 1.91 bits per heavy atom. The van der Waals surface area contributed by atoms with E-state index in [1.807, 2.05) is 48.5 Å². The van der Waals surface area contributed by atoms with Gasteiger partial charge in [0.2, 0.25) is 6.29 Å². The molecule has 0 saturated carbocycles. The summed E-state index contributed by atoms with van der Waals surface area (Å²) >= 11 is 6.85. The zero-order chi connectivity index (χ0) is 24.4. The van der Waals surface area contributed by atoms with E-state index < -0.39 is 6.29 Å². The van der Waals surface area contributed by atoms with Crippen LogP contribution in [-0.2, 0) is 9.47 Å². The van der Waals surface area contributed by atoms with E-state index in [9.17, 15) is 4.79 Å². The van der Waals surface area contributed by atoms with Gasteiger partial charge in [-0.05, 0) is 30.3 Å². The van der Waals surface area contributed by atoms with Gasteiger partial charge in [0, 0.05) is 43.5 Å². The van der Waals surface area contributed by atoms with Crippen LogP contribution in [0.3, 0.4) is 0 Å². The van der Waals surface area contributed by atoms with Gasteiger partial charge in [0.1, 0.15) is 11.5 Å². The van der Waals surface area contributed by atoms with Crippen LogP contribution < -0.4 is 0 Å². The minimum absolute atomic E-state index is 0.330. The number of methoxy groups -OCH3 is 1. The fourth-order valence-electron chi connectivity index (χ4n) is 4.03. The average molecular weight is 592 g/mol. The number of benzene rings is 4. The number of esters is 1. The number of hydrogen-bond acceptors (Lipinski definition) is 4. The molecule has 5 aromatic rings. The number of carbonyl (C=O) groups is 1. The van der Waals surface area contributed by atoms with Gasteiger partial charge in [0.05, 0.1) is 5.56 Å². The van der Waals surface area contributed by atoms with Crippen molar-refractivity contribution in [1.29, 1.82) is 0 Å². The van der Waals surface area contributed by atoms with Crippen molar-refractivity contribution < 1.29 is 18.7 Å². The minimum atomic E-state index is -0.546. The van der Waals surface area contributed by atoms with Crippen LogP contribution in [0.1, 0.15) is 22.2 Å². The molecule has 0 N–H and O–H groups in total. The third-order valence-corrected chi connectivity index (χ3v) is 6.65. The second kappa shape index (κ2) is 10.2. The summed E-state index contributed by atoms with van der Waals surface area (Å²) in [5, 5.41) is 2.26. The largest absolute Gasteiger partial charge is 0.455 e. The molecule has 1 aliphatic heterocycles. The van der Waals surface area contributed by atoms with E-state index in [1.54, 1.807) is 6.07 Å². The zero-order valence-electron chi connectivity index (χ0n) is 18.7.